The molecular weight excluding hydrogens is 392 g/mol. The highest BCUT2D eigenvalue weighted by Gasteiger charge is 2.34. The van der Waals surface area contributed by atoms with E-state index in [1.165, 1.54) is 0 Å². The number of nitrogens with one attached hydrogen (secondary N) is 1. The lowest BCUT2D eigenvalue weighted by Crippen LogP contribution is -2.36. The van der Waals surface area contributed by atoms with Crippen molar-refractivity contribution >= 4 is 5.91 Å². The van der Waals surface area contributed by atoms with Gasteiger partial charge in [0.05, 0.1) is 30.2 Å². The summed E-state index contributed by atoms with van der Waals surface area (Å²) < 4.78 is 3.45. The summed E-state index contributed by atoms with van der Waals surface area (Å²) in [6.07, 6.45) is 8.68. The summed E-state index contributed by atoms with van der Waals surface area (Å²) in [4.78, 5) is 12.9. The van der Waals surface area contributed by atoms with Crippen molar-refractivity contribution in [3.05, 3.63) is 65.2 Å². The first-order chi connectivity index (χ1) is 14.9. The molecule has 8 nitrogen and oxygen atoms in total. The third-order valence-electron chi connectivity index (χ3n) is 6.06. The lowest BCUT2D eigenvalue weighted by molar-refractivity contribution is -0.00475. The maximum absolute atomic E-state index is 12.9. The largest absolute Gasteiger partial charge is 0.383 e. The van der Waals surface area contributed by atoms with E-state index in [-0.39, 0.29) is 11.9 Å². The molecule has 4 rings (SSSR count). The zero-order chi connectivity index (χ0) is 21.8. The van der Waals surface area contributed by atoms with Crippen LogP contribution in [0, 0.1) is 0 Å². The Labute approximate surface area is 182 Å². The van der Waals surface area contributed by atoms with Crippen LogP contribution in [0.4, 0.5) is 0 Å². The van der Waals surface area contributed by atoms with Crippen molar-refractivity contribution in [3.8, 4) is 0 Å². The first kappa shape index (κ1) is 21.2. The van der Waals surface area contributed by atoms with E-state index in [2.05, 4.69) is 20.7 Å². The molecular formula is C23H30N6O2. The maximum atomic E-state index is 12.9. The van der Waals surface area contributed by atoms with Crippen LogP contribution in [0.2, 0.25) is 0 Å². The number of hydrogen-bond donors (Lipinski definition) is 2. The summed E-state index contributed by atoms with van der Waals surface area (Å²) in [5.74, 6) is -0.155. The zero-order valence-corrected chi connectivity index (χ0v) is 18.2. The van der Waals surface area contributed by atoms with E-state index in [1.54, 1.807) is 21.8 Å². The Bertz CT molecular complexity index is 1020. The highest BCUT2D eigenvalue weighted by atomic mass is 16.3. The van der Waals surface area contributed by atoms with Gasteiger partial charge in [0.25, 0.3) is 5.91 Å². The molecule has 1 aromatic carbocycles. The van der Waals surface area contributed by atoms with Crippen LogP contribution >= 0.6 is 0 Å². The fourth-order valence-electron chi connectivity index (χ4n) is 4.27. The molecule has 31 heavy (non-hydrogen) atoms. The van der Waals surface area contributed by atoms with E-state index in [9.17, 15) is 9.90 Å². The highest BCUT2D eigenvalue weighted by Crippen LogP contribution is 2.35. The minimum Gasteiger partial charge on any atom is -0.383 e. The van der Waals surface area contributed by atoms with Gasteiger partial charge in [-0.05, 0) is 25.3 Å². The molecule has 1 atom stereocenters. The summed E-state index contributed by atoms with van der Waals surface area (Å²) in [6, 6.07) is 9.88. The van der Waals surface area contributed by atoms with E-state index in [4.69, 9.17) is 0 Å². The Kier molecular flexibility index (Phi) is 6.18. The maximum Gasteiger partial charge on any atom is 0.255 e. The zero-order valence-electron chi connectivity index (χ0n) is 18.2. The van der Waals surface area contributed by atoms with Gasteiger partial charge in [0.1, 0.15) is 11.3 Å². The lowest BCUT2D eigenvalue weighted by atomic mass is 9.83. The summed E-state index contributed by atoms with van der Waals surface area (Å²) in [5.41, 5.74) is 2.34. The lowest BCUT2D eigenvalue weighted by Gasteiger charge is -2.29. The summed E-state index contributed by atoms with van der Waals surface area (Å²) in [6.45, 7) is 2.41. The van der Waals surface area contributed by atoms with Crippen LogP contribution in [0.3, 0.4) is 0 Å². The molecule has 1 amide bonds. The quantitative estimate of drug-likeness (QED) is 0.610. The molecule has 1 aliphatic rings. The smallest absolute Gasteiger partial charge is 0.255 e. The second-order valence-electron chi connectivity index (χ2n) is 8.58. The number of amides is 1. The van der Waals surface area contributed by atoms with Crippen molar-refractivity contribution in [1.29, 1.82) is 0 Å². The van der Waals surface area contributed by atoms with Gasteiger partial charge in [-0.1, -0.05) is 54.8 Å². The molecule has 0 spiro atoms. The number of carbonyl (C=O) groups is 1. The third-order valence-corrected chi connectivity index (χ3v) is 6.06. The first-order valence-electron chi connectivity index (χ1n) is 10.9. The minimum absolute atomic E-state index is 0.155. The minimum atomic E-state index is -0.870. The fourth-order valence-corrected chi connectivity index (χ4v) is 4.27. The van der Waals surface area contributed by atoms with Crippen molar-refractivity contribution in [2.75, 3.05) is 0 Å². The van der Waals surface area contributed by atoms with Crippen LogP contribution < -0.4 is 5.32 Å². The van der Waals surface area contributed by atoms with Crippen molar-refractivity contribution in [1.82, 2.24) is 30.1 Å². The van der Waals surface area contributed by atoms with Crippen LogP contribution in [-0.4, -0.2) is 41.8 Å². The van der Waals surface area contributed by atoms with Crippen molar-refractivity contribution in [2.45, 2.75) is 63.6 Å². The molecule has 3 aromatic rings. The van der Waals surface area contributed by atoms with Gasteiger partial charge >= 0.3 is 0 Å². The molecule has 0 radical (unpaired) electrons. The van der Waals surface area contributed by atoms with Gasteiger partial charge in [0.15, 0.2) is 0 Å². The van der Waals surface area contributed by atoms with E-state index >= 15 is 0 Å². The molecule has 2 N–H and O–H groups in total. The standard InChI is InChI=1S/C23H30N6O2/c1-17(15-29-16-21(26-27-29)23(31)11-7-4-8-12-23)25-22(30)19-14-24-28(2)20(19)13-18-9-5-3-6-10-18/h3,5-6,9-10,14,16-17,31H,4,7-8,11-13,15H2,1-2H3,(H,25,30)/t17-/m0/s1. The van der Waals surface area contributed by atoms with Crippen LogP contribution in [0.1, 0.15) is 66.3 Å². The van der Waals surface area contributed by atoms with Gasteiger partial charge in [0.2, 0.25) is 0 Å². The predicted octanol–water partition coefficient (Wildman–Crippen LogP) is 2.57. The summed E-state index contributed by atoms with van der Waals surface area (Å²) in [5, 5.41) is 26.5. The van der Waals surface area contributed by atoms with Crippen molar-refractivity contribution in [2.24, 2.45) is 7.05 Å². The van der Waals surface area contributed by atoms with E-state index in [0.717, 1.165) is 43.4 Å². The molecule has 1 aliphatic carbocycles. The number of aromatic nitrogens is 5. The van der Waals surface area contributed by atoms with E-state index in [0.29, 0.717) is 24.2 Å². The van der Waals surface area contributed by atoms with Gasteiger partial charge in [0, 0.05) is 19.5 Å². The predicted molar refractivity (Wildman–Crippen MR) is 116 cm³/mol. The topological polar surface area (TPSA) is 97.9 Å². The van der Waals surface area contributed by atoms with E-state index < -0.39 is 5.60 Å². The number of benzene rings is 1. The first-order valence-corrected chi connectivity index (χ1v) is 10.9. The Hall–Kier alpha value is -3.00. The third kappa shape index (κ3) is 4.85. The van der Waals surface area contributed by atoms with Crippen LogP contribution in [0.15, 0.2) is 42.7 Å². The van der Waals surface area contributed by atoms with Crippen LogP contribution in [-0.2, 0) is 25.6 Å². The molecule has 2 aromatic heterocycles. The molecule has 164 valence electrons. The number of hydrogen-bond acceptors (Lipinski definition) is 5. The number of nitrogens with zero attached hydrogens (tertiary/aromatic N) is 5. The molecule has 1 saturated carbocycles. The molecule has 0 aliphatic heterocycles. The summed E-state index contributed by atoms with van der Waals surface area (Å²) in [7, 11) is 1.85. The van der Waals surface area contributed by atoms with Gasteiger partial charge in [-0.15, -0.1) is 5.10 Å². The normalized spacial score (nSPS) is 16.7. The summed E-state index contributed by atoms with van der Waals surface area (Å²) >= 11 is 0. The number of carbonyl (C=O) groups excluding carboxylic acids is 1. The van der Waals surface area contributed by atoms with Crippen LogP contribution in [0.25, 0.3) is 0 Å². The Balaban J connectivity index is 1.40. The monoisotopic (exact) mass is 422 g/mol. The number of rotatable bonds is 7. The number of aryl methyl sites for hydroxylation is 1. The molecule has 8 heteroatoms. The van der Waals surface area contributed by atoms with Gasteiger partial charge in [-0.2, -0.15) is 5.10 Å². The average Bonchev–Trinajstić information content (AvgIpc) is 3.37. The second-order valence-corrected chi connectivity index (χ2v) is 8.58. The molecule has 0 unspecified atom stereocenters. The molecule has 2 heterocycles. The Morgan fingerprint density at radius 1 is 1.23 bits per heavy atom. The van der Waals surface area contributed by atoms with Gasteiger partial charge in [-0.25, -0.2) is 0 Å². The SMILES string of the molecule is C[C@@H](Cn1cc(C2(O)CCCCC2)nn1)NC(=O)c1cnn(C)c1Cc1ccccc1. The van der Waals surface area contributed by atoms with Gasteiger partial charge < -0.3 is 10.4 Å². The Morgan fingerprint density at radius 2 is 1.97 bits per heavy atom. The molecule has 1 fully saturated rings. The molecule has 0 bridgehead atoms. The second kappa shape index (κ2) is 9.01. The molecule has 0 saturated heterocycles. The van der Waals surface area contributed by atoms with Gasteiger partial charge in [-0.3, -0.25) is 14.2 Å². The highest BCUT2D eigenvalue weighted by molar-refractivity contribution is 5.95. The van der Waals surface area contributed by atoms with Crippen molar-refractivity contribution in [3.63, 3.8) is 0 Å². The average molecular weight is 423 g/mol. The van der Waals surface area contributed by atoms with E-state index in [1.807, 2.05) is 44.3 Å². The Morgan fingerprint density at radius 3 is 2.71 bits per heavy atom. The fraction of sp³-hybridized carbons (Fsp3) is 0.478. The number of aliphatic hydroxyl groups is 1. The van der Waals surface area contributed by atoms with Crippen LogP contribution in [0.5, 0.6) is 0 Å². The van der Waals surface area contributed by atoms with Crippen molar-refractivity contribution < 1.29 is 9.90 Å².